The molecule has 26 heteroatoms. The molecule has 111 heavy (non-hydrogen) atoms. The third-order valence-corrected chi connectivity index (χ3v) is 15.4. The Morgan fingerprint density at radius 1 is 0.369 bits per heavy atom. The Bertz CT molecular complexity index is 3840. The number of esters is 2. The second-order valence-electron chi connectivity index (χ2n) is 32.6. The normalized spacial score (nSPS) is 13.0. The van der Waals surface area contributed by atoms with Crippen molar-refractivity contribution in [2.75, 3.05) is 20.5 Å². The van der Waals surface area contributed by atoms with Crippen LogP contribution in [-0.2, 0) is 69.0 Å². The van der Waals surface area contributed by atoms with Crippen molar-refractivity contribution in [1.82, 2.24) is 31.9 Å². The van der Waals surface area contributed by atoms with Crippen molar-refractivity contribution in [2.45, 2.75) is 262 Å². The molecule has 24 nitrogen and oxygen atoms in total. The third kappa shape index (κ3) is 48.7. The number of carbonyl (C=O) groups excluding carboxylic acids is 6. The molecule has 6 aromatic rings. The number of alkyl carbamates (subject to hydrolysis) is 4. The maximum absolute atomic E-state index is 11.8. The van der Waals surface area contributed by atoms with E-state index in [1.54, 1.807) is 69.3 Å². The number of nitrogens with two attached hydrogens (primary N) is 2. The summed E-state index contributed by atoms with van der Waals surface area (Å²) in [5, 5.41) is 27.0. The Morgan fingerprint density at radius 3 is 0.793 bits per heavy atom. The number of benzene rings is 6. The Kier molecular flexibility index (Phi) is 43.9. The molecule has 11 N–H and O–H groups in total. The highest BCUT2D eigenvalue weighted by molar-refractivity contribution is 7.85. The van der Waals surface area contributed by atoms with Crippen LogP contribution in [0.2, 0.25) is 0 Å². The smallest absolute Gasteiger partial charge is 0.408 e. The minimum absolute atomic E-state index is 0. The molecule has 0 spiro atoms. The van der Waals surface area contributed by atoms with E-state index in [-0.39, 0.29) is 84.9 Å². The average Bonchev–Trinajstić information content (AvgIpc) is 0.868. The zero-order valence-corrected chi connectivity index (χ0v) is 72.3. The fraction of sp³-hybridized carbons (Fsp3) is 0.506. The summed E-state index contributed by atoms with van der Waals surface area (Å²) in [6.45, 7) is 48.0. The average molecular weight is 1590 g/mol. The molecule has 0 saturated heterocycles. The van der Waals surface area contributed by atoms with Gasteiger partial charge < -0.3 is 76.9 Å². The van der Waals surface area contributed by atoms with Gasteiger partial charge in [-0.3, -0.25) is 4.18 Å². The molecule has 0 aliphatic rings. The first-order chi connectivity index (χ1) is 50.5. The molecule has 6 rings (SSSR count). The van der Waals surface area contributed by atoms with Gasteiger partial charge in [0.05, 0.1) is 69.0 Å². The predicted octanol–water partition coefficient (Wildman–Crippen LogP) is 17.2. The first-order valence-corrected chi connectivity index (χ1v) is 38.5. The summed E-state index contributed by atoms with van der Waals surface area (Å²) >= 11 is 0. The van der Waals surface area contributed by atoms with Gasteiger partial charge in [0.2, 0.25) is 0 Å². The number of amides is 4. The first kappa shape index (κ1) is 102. The molecule has 4 amide bonds. The molecular weight excluding hydrogens is 1460 g/mol. The second kappa shape index (κ2) is 47.6. The van der Waals surface area contributed by atoms with Crippen LogP contribution in [0.4, 0.5) is 19.2 Å². The van der Waals surface area contributed by atoms with Gasteiger partial charge in [0.15, 0.2) is 0 Å². The molecule has 0 aliphatic heterocycles. The van der Waals surface area contributed by atoms with Gasteiger partial charge in [0, 0.05) is 36.3 Å². The van der Waals surface area contributed by atoms with Crippen molar-refractivity contribution in [3.05, 3.63) is 212 Å². The van der Waals surface area contributed by atoms with E-state index in [9.17, 15) is 37.2 Å². The molecule has 0 heterocycles. The van der Waals surface area contributed by atoms with Crippen LogP contribution in [0.15, 0.2) is 146 Å². The van der Waals surface area contributed by atoms with Crippen molar-refractivity contribution in [2.24, 2.45) is 11.5 Å². The molecular formula is C85H131ClN8O16S. The number of hydrogen-bond donors (Lipinski definition) is 9. The zero-order valence-electron chi connectivity index (χ0n) is 70.7. The molecule has 6 aromatic carbocycles. The number of aliphatic hydroxyl groups excluding tert-OH is 1. The van der Waals surface area contributed by atoms with Gasteiger partial charge in [0.1, 0.15) is 22.4 Å². The highest BCUT2D eigenvalue weighted by Crippen LogP contribution is 2.22. The summed E-state index contributed by atoms with van der Waals surface area (Å²) in [5.41, 5.74) is 20.8. The first-order valence-electron chi connectivity index (χ1n) is 36.7. The Balaban J connectivity index is 0.00000132. The lowest BCUT2D eigenvalue weighted by molar-refractivity contribution is 0.0496. The fourth-order valence-corrected chi connectivity index (χ4v) is 9.27. The minimum atomic E-state index is -3.46. The summed E-state index contributed by atoms with van der Waals surface area (Å²) in [7, 11) is -0.756. The van der Waals surface area contributed by atoms with Crippen LogP contribution in [0.5, 0.6) is 0 Å². The maximum Gasteiger partial charge on any atom is 0.408 e. The van der Waals surface area contributed by atoms with Crippen molar-refractivity contribution in [3.8, 4) is 0 Å². The molecule has 0 saturated carbocycles. The summed E-state index contributed by atoms with van der Waals surface area (Å²) in [6, 6.07) is 44.7. The largest absolute Gasteiger partial charge is 0.465 e. The lowest BCUT2D eigenvalue weighted by atomic mass is 10.0. The summed E-state index contributed by atoms with van der Waals surface area (Å²) < 4.78 is 56.6. The molecule has 0 bridgehead atoms. The molecule has 6 atom stereocenters. The molecule has 0 aromatic heterocycles. The van der Waals surface area contributed by atoms with E-state index in [0.29, 0.717) is 11.1 Å². The fourth-order valence-electron chi connectivity index (χ4n) is 8.92. The molecule has 0 radical (unpaired) electrons. The highest BCUT2D eigenvalue weighted by Gasteiger charge is 2.23. The number of methoxy groups -OCH3 is 2. The number of hydrogen-bond acceptors (Lipinski definition) is 20. The van der Waals surface area contributed by atoms with Crippen LogP contribution in [0.25, 0.3) is 0 Å². The molecule has 0 fully saturated rings. The van der Waals surface area contributed by atoms with E-state index in [2.05, 4.69) is 119 Å². The van der Waals surface area contributed by atoms with Gasteiger partial charge >= 0.3 is 36.3 Å². The van der Waals surface area contributed by atoms with Crippen molar-refractivity contribution < 1.29 is 74.9 Å². The van der Waals surface area contributed by atoms with Crippen molar-refractivity contribution >= 4 is 58.8 Å². The highest BCUT2D eigenvalue weighted by atomic mass is 35.5. The topological polar surface area (TPSA) is 346 Å². The number of aliphatic hydroxyl groups is 1. The summed E-state index contributed by atoms with van der Waals surface area (Å²) in [5.74, 6) is -0.708. The van der Waals surface area contributed by atoms with Crippen LogP contribution >= 0.6 is 12.4 Å². The van der Waals surface area contributed by atoms with Crippen LogP contribution in [-0.4, -0.2) is 104 Å². The van der Waals surface area contributed by atoms with Crippen LogP contribution in [0.1, 0.15) is 279 Å². The number of halogens is 1. The van der Waals surface area contributed by atoms with Gasteiger partial charge in [-0.1, -0.05) is 121 Å². The van der Waals surface area contributed by atoms with E-state index in [1.165, 1.54) is 30.9 Å². The van der Waals surface area contributed by atoms with Crippen LogP contribution in [0, 0.1) is 0 Å². The Labute approximate surface area is 668 Å². The van der Waals surface area contributed by atoms with Gasteiger partial charge in [-0.05, 0) is 246 Å². The lowest BCUT2D eigenvalue weighted by Gasteiger charge is -2.22. The van der Waals surface area contributed by atoms with E-state index < -0.39 is 56.9 Å². The van der Waals surface area contributed by atoms with E-state index in [1.807, 2.05) is 165 Å². The van der Waals surface area contributed by atoms with Gasteiger partial charge in [0.25, 0.3) is 10.1 Å². The van der Waals surface area contributed by atoms with Gasteiger partial charge in [-0.15, -0.1) is 12.4 Å². The Hall–Kier alpha value is -8.66. The van der Waals surface area contributed by atoms with E-state index >= 15 is 0 Å². The van der Waals surface area contributed by atoms with Crippen molar-refractivity contribution in [3.63, 3.8) is 0 Å². The lowest BCUT2D eigenvalue weighted by Crippen LogP contribution is -2.35. The zero-order chi connectivity index (χ0) is 84.3. The van der Waals surface area contributed by atoms with Gasteiger partial charge in [-0.25, -0.2) is 28.8 Å². The SMILES string of the molecule is COC(=O)c1ccc([C@@H](C)N)cc1.COC(=O)c1ccc([C@@H](C)NC(=O)OC(C)(C)C)cc1.C[C@@H](N)c1ccc(CNC(C)(C)C)cc1.C[C@@H](NC(=O)OC(C)(C)C)c1ccc(CNC(C)(C)C)cc1.C[C@@H](NC(=O)OC(C)(C)C)c1ccc(CO)cc1.C[C@@H](NC(=O)OC(C)(C)C)c1ccc(COS(C)(=O)=O)cc1.Cl. The Morgan fingerprint density at radius 2 is 0.586 bits per heavy atom. The molecule has 0 aliphatic carbocycles. The summed E-state index contributed by atoms with van der Waals surface area (Å²) in [6.07, 6.45) is -0.764. The second-order valence-corrected chi connectivity index (χ2v) is 34.2. The standard InChI is InChI=1S/C18H30N2O2.C15H23NO5S.C15H21NO4.C14H21NO3.C13H22N2.C10H13NO2.ClH/c1-13(20-16(21)22-18(5,6)7)15-10-8-14(9-11-15)12-19-17(2,3)4;1-11(16-14(17)21-15(2,3)4)13-8-6-12(7-9-13)10-20-22(5,18)19;1-10(16-14(18)20-15(2,3)4)11-6-8-12(9-7-11)13(17)19-5;1-10(15-13(17)18-14(2,3)4)12-7-5-11(9-16)6-8-12;1-10(14)12-7-5-11(6-8-12)9-15-13(2,3)4;1-7(11)8-3-5-9(6-4-8)10(12)13-2;/h8-11,13,19H,12H2,1-7H3,(H,20,21);6-9,11H,10H2,1-5H3,(H,16,17);6-10H,1-5H3,(H,16,18);5-8,10,16H,9H2,1-4H3,(H,15,17);5-8,10,15H,9,14H2,1-4H3;3-7H,11H2,1-2H3;1H/t13-;11-;3*10-;7-;/m111111./s1. The van der Waals surface area contributed by atoms with Crippen LogP contribution in [0.3, 0.4) is 0 Å². The van der Waals surface area contributed by atoms with Crippen LogP contribution < -0.4 is 43.4 Å². The predicted molar refractivity (Wildman–Crippen MR) is 444 cm³/mol. The maximum atomic E-state index is 11.8. The number of rotatable bonds is 20. The summed E-state index contributed by atoms with van der Waals surface area (Å²) in [4.78, 5) is 69.1. The monoisotopic (exact) mass is 1590 g/mol. The minimum Gasteiger partial charge on any atom is -0.465 e. The van der Waals surface area contributed by atoms with Crippen molar-refractivity contribution in [1.29, 1.82) is 0 Å². The molecule has 0 unspecified atom stereocenters. The van der Waals surface area contributed by atoms with E-state index in [4.69, 9.17) is 39.7 Å². The van der Waals surface area contributed by atoms with E-state index in [0.717, 1.165) is 58.3 Å². The van der Waals surface area contributed by atoms with Gasteiger partial charge in [-0.2, -0.15) is 8.42 Å². The molecule has 620 valence electrons. The quantitative estimate of drug-likeness (QED) is 0.0195. The number of nitrogens with one attached hydrogen (secondary N) is 6. The number of carbonyl (C=O) groups is 6. The number of ether oxygens (including phenoxy) is 6. The third-order valence-electron chi connectivity index (χ3n) is 14.8.